The highest BCUT2D eigenvalue weighted by atomic mass is 32.2. The minimum Gasteiger partial charge on any atom is -0.207 e. The van der Waals surface area contributed by atoms with Crippen LogP contribution >= 0.6 is 0 Å². The fourth-order valence-corrected chi connectivity index (χ4v) is 2.64. The van der Waals surface area contributed by atoms with Gasteiger partial charge in [0.1, 0.15) is 11.6 Å². The molecule has 0 radical (unpaired) electrons. The van der Waals surface area contributed by atoms with E-state index in [1.54, 1.807) is 6.07 Å². The van der Waals surface area contributed by atoms with Crippen molar-refractivity contribution in [3.63, 3.8) is 0 Å². The number of nitriles is 1. The summed E-state index contributed by atoms with van der Waals surface area (Å²) in [6.45, 7) is -0.267. The maximum atomic E-state index is 13.6. The van der Waals surface area contributed by atoms with Crippen LogP contribution in [0.1, 0.15) is 11.1 Å². The Bertz CT molecular complexity index is 797. The molecule has 4 nitrogen and oxygen atoms in total. The minimum atomic E-state index is -3.86. The largest absolute Gasteiger partial charge is 0.240 e. The van der Waals surface area contributed by atoms with E-state index >= 15 is 0 Å². The topological polar surface area (TPSA) is 70.0 Å². The Morgan fingerprint density at radius 3 is 2.33 bits per heavy atom. The van der Waals surface area contributed by atoms with Crippen molar-refractivity contribution in [1.82, 2.24) is 4.72 Å². The van der Waals surface area contributed by atoms with Gasteiger partial charge in [0.05, 0.1) is 16.5 Å². The molecular formula is C14H10F2N2O2S. The molecule has 2 rings (SSSR count). The molecule has 21 heavy (non-hydrogen) atoms. The maximum absolute atomic E-state index is 13.6. The Morgan fingerprint density at radius 1 is 1.10 bits per heavy atom. The van der Waals surface area contributed by atoms with Crippen molar-refractivity contribution in [1.29, 1.82) is 5.26 Å². The number of nitrogens with zero attached hydrogens (tertiary/aromatic N) is 1. The number of hydrogen-bond acceptors (Lipinski definition) is 3. The predicted octanol–water partition coefficient (Wildman–Crippen LogP) is 2.31. The summed E-state index contributed by atoms with van der Waals surface area (Å²) in [6, 6.07) is 9.83. The highest BCUT2D eigenvalue weighted by molar-refractivity contribution is 7.89. The number of hydrogen-bond donors (Lipinski definition) is 1. The van der Waals surface area contributed by atoms with E-state index in [0.717, 1.165) is 30.3 Å². The molecule has 0 aromatic heterocycles. The third-order valence-corrected chi connectivity index (χ3v) is 4.18. The molecule has 1 N–H and O–H groups in total. The average Bonchev–Trinajstić information content (AvgIpc) is 2.46. The van der Waals surface area contributed by atoms with Crippen molar-refractivity contribution in [3.8, 4) is 6.07 Å². The standard InChI is InChI=1S/C14H10F2N2O2S/c15-12-3-5-13(6-4-12)21(19,20)18-9-11-2-1-10(8-17)7-14(11)16/h1-7,18H,9H2. The first-order valence-corrected chi connectivity index (χ1v) is 7.34. The lowest BCUT2D eigenvalue weighted by Crippen LogP contribution is -2.23. The molecule has 7 heteroatoms. The van der Waals surface area contributed by atoms with Crippen LogP contribution in [0.2, 0.25) is 0 Å². The van der Waals surface area contributed by atoms with Crippen LogP contribution in [0.25, 0.3) is 0 Å². The van der Waals surface area contributed by atoms with Gasteiger partial charge in [-0.15, -0.1) is 0 Å². The van der Waals surface area contributed by atoms with E-state index in [0.29, 0.717) is 0 Å². The summed E-state index contributed by atoms with van der Waals surface area (Å²) in [4.78, 5) is -0.113. The second-order valence-corrected chi connectivity index (χ2v) is 5.96. The molecular weight excluding hydrogens is 298 g/mol. The van der Waals surface area contributed by atoms with Crippen LogP contribution in [0.4, 0.5) is 8.78 Å². The third kappa shape index (κ3) is 3.62. The smallest absolute Gasteiger partial charge is 0.207 e. The molecule has 0 aliphatic carbocycles. The van der Waals surface area contributed by atoms with E-state index < -0.39 is 21.7 Å². The van der Waals surface area contributed by atoms with E-state index in [4.69, 9.17) is 5.26 Å². The maximum Gasteiger partial charge on any atom is 0.240 e. The fourth-order valence-electron chi connectivity index (χ4n) is 1.63. The van der Waals surface area contributed by atoms with Crippen molar-refractivity contribution in [2.75, 3.05) is 0 Å². The minimum absolute atomic E-state index is 0.111. The molecule has 0 aliphatic heterocycles. The number of benzene rings is 2. The Labute approximate surface area is 120 Å². The molecule has 0 atom stereocenters. The molecule has 0 aliphatic rings. The van der Waals surface area contributed by atoms with E-state index in [1.165, 1.54) is 12.1 Å². The van der Waals surface area contributed by atoms with Gasteiger partial charge in [-0.05, 0) is 36.4 Å². The molecule has 0 unspecified atom stereocenters. The molecule has 108 valence electrons. The Balaban J connectivity index is 2.15. The average molecular weight is 308 g/mol. The van der Waals surface area contributed by atoms with E-state index in [1.807, 2.05) is 0 Å². The summed E-state index contributed by atoms with van der Waals surface area (Å²) in [5.41, 5.74) is 0.261. The van der Waals surface area contributed by atoms with Gasteiger partial charge in [0.15, 0.2) is 0 Å². The zero-order valence-corrected chi connectivity index (χ0v) is 11.5. The fraction of sp³-hybridized carbons (Fsp3) is 0.0714. The molecule has 2 aromatic carbocycles. The van der Waals surface area contributed by atoms with Crippen molar-refractivity contribution < 1.29 is 17.2 Å². The Hall–Kier alpha value is -2.30. The van der Waals surface area contributed by atoms with Gasteiger partial charge in [-0.25, -0.2) is 21.9 Å². The molecule has 2 aromatic rings. The van der Waals surface area contributed by atoms with Gasteiger partial charge in [0, 0.05) is 12.1 Å². The lowest BCUT2D eigenvalue weighted by atomic mass is 10.1. The first kappa shape index (κ1) is 15.1. The Kier molecular flexibility index (Phi) is 4.31. The van der Waals surface area contributed by atoms with Crippen LogP contribution in [0.3, 0.4) is 0 Å². The first-order chi connectivity index (χ1) is 9.92. The van der Waals surface area contributed by atoms with Crippen molar-refractivity contribution in [2.45, 2.75) is 11.4 Å². The quantitative estimate of drug-likeness (QED) is 0.942. The lowest BCUT2D eigenvalue weighted by Gasteiger charge is -2.07. The number of sulfonamides is 1. The second-order valence-electron chi connectivity index (χ2n) is 4.20. The predicted molar refractivity (Wildman–Crippen MR) is 71.5 cm³/mol. The number of nitrogens with one attached hydrogen (secondary N) is 1. The van der Waals surface area contributed by atoms with Crippen molar-refractivity contribution >= 4 is 10.0 Å². The van der Waals surface area contributed by atoms with Gasteiger partial charge in [-0.2, -0.15) is 5.26 Å². The summed E-state index contributed by atoms with van der Waals surface area (Å²) < 4.78 is 52.5. The third-order valence-electron chi connectivity index (χ3n) is 2.76. The van der Waals surface area contributed by atoms with Crippen molar-refractivity contribution in [2.24, 2.45) is 0 Å². The van der Waals surface area contributed by atoms with Crippen LogP contribution < -0.4 is 4.72 Å². The summed E-state index contributed by atoms with van der Waals surface area (Å²) in [6.07, 6.45) is 0. The molecule has 0 heterocycles. The van der Waals surface area contributed by atoms with Crippen LogP contribution in [-0.2, 0) is 16.6 Å². The van der Waals surface area contributed by atoms with Crippen LogP contribution in [0.15, 0.2) is 47.4 Å². The summed E-state index contributed by atoms with van der Waals surface area (Å²) >= 11 is 0. The van der Waals surface area contributed by atoms with Crippen molar-refractivity contribution in [3.05, 3.63) is 65.2 Å². The molecule has 0 amide bonds. The molecule has 0 saturated heterocycles. The van der Waals surface area contributed by atoms with Crippen LogP contribution in [0, 0.1) is 23.0 Å². The van der Waals surface area contributed by atoms with Gasteiger partial charge in [0.25, 0.3) is 0 Å². The molecule has 0 spiro atoms. The van der Waals surface area contributed by atoms with Gasteiger partial charge in [-0.1, -0.05) is 6.07 Å². The monoisotopic (exact) mass is 308 g/mol. The van der Waals surface area contributed by atoms with E-state index in [-0.39, 0.29) is 22.6 Å². The SMILES string of the molecule is N#Cc1ccc(CNS(=O)(=O)c2ccc(F)cc2)c(F)c1. The summed E-state index contributed by atoms with van der Waals surface area (Å²) in [7, 11) is -3.86. The molecule has 0 saturated carbocycles. The highest BCUT2D eigenvalue weighted by Gasteiger charge is 2.14. The van der Waals surface area contributed by atoms with Gasteiger partial charge in [0.2, 0.25) is 10.0 Å². The normalized spacial score (nSPS) is 11.1. The van der Waals surface area contributed by atoms with E-state index in [9.17, 15) is 17.2 Å². The first-order valence-electron chi connectivity index (χ1n) is 5.86. The lowest BCUT2D eigenvalue weighted by molar-refractivity contribution is 0.573. The van der Waals surface area contributed by atoms with Gasteiger partial charge < -0.3 is 0 Å². The molecule has 0 fully saturated rings. The van der Waals surface area contributed by atoms with Gasteiger partial charge in [-0.3, -0.25) is 0 Å². The van der Waals surface area contributed by atoms with E-state index in [2.05, 4.69) is 4.72 Å². The highest BCUT2D eigenvalue weighted by Crippen LogP contribution is 2.13. The zero-order valence-electron chi connectivity index (χ0n) is 10.7. The second kappa shape index (κ2) is 5.99. The van der Waals surface area contributed by atoms with Gasteiger partial charge >= 0.3 is 0 Å². The van der Waals surface area contributed by atoms with Crippen LogP contribution in [0.5, 0.6) is 0 Å². The number of rotatable bonds is 4. The van der Waals surface area contributed by atoms with Crippen LogP contribution in [-0.4, -0.2) is 8.42 Å². The summed E-state index contributed by atoms with van der Waals surface area (Å²) in [5.74, 6) is -1.22. The zero-order chi connectivity index (χ0) is 15.5. The Morgan fingerprint density at radius 2 is 1.76 bits per heavy atom. The summed E-state index contributed by atoms with van der Waals surface area (Å²) in [5, 5.41) is 8.62. The molecule has 0 bridgehead atoms. The number of halogens is 2.